The van der Waals surface area contributed by atoms with Crippen molar-refractivity contribution in [3.8, 4) is 5.75 Å². The normalized spacial score (nSPS) is 11.9. The van der Waals surface area contributed by atoms with Crippen LogP contribution in [0.5, 0.6) is 5.75 Å². The Hall–Kier alpha value is -2.70. The molecule has 27 heavy (non-hydrogen) atoms. The van der Waals surface area contributed by atoms with Gasteiger partial charge in [-0.2, -0.15) is 0 Å². The molecule has 1 atom stereocenters. The summed E-state index contributed by atoms with van der Waals surface area (Å²) in [6, 6.07) is 12.2. The van der Waals surface area contributed by atoms with Gasteiger partial charge in [-0.05, 0) is 31.2 Å². The Morgan fingerprint density at radius 3 is 2.59 bits per heavy atom. The molecule has 1 aromatic heterocycles. The number of nitrogens with one attached hydrogen (secondary N) is 2. The highest BCUT2D eigenvalue weighted by molar-refractivity contribution is 6.35. The molecule has 0 saturated heterocycles. The van der Waals surface area contributed by atoms with E-state index in [0.29, 0.717) is 21.4 Å². The van der Waals surface area contributed by atoms with E-state index >= 15 is 0 Å². The van der Waals surface area contributed by atoms with Gasteiger partial charge in [0.2, 0.25) is 0 Å². The van der Waals surface area contributed by atoms with E-state index in [9.17, 15) is 9.59 Å². The van der Waals surface area contributed by atoms with E-state index in [-0.39, 0.29) is 0 Å². The van der Waals surface area contributed by atoms with Gasteiger partial charge < -0.3 is 9.30 Å². The van der Waals surface area contributed by atoms with Crippen LogP contribution < -0.4 is 15.6 Å². The zero-order valence-corrected chi connectivity index (χ0v) is 16.1. The lowest BCUT2D eigenvalue weighted by Gasteiger charge is -2.16. The number of fused-ring (bicyclic) bond motifs is 1. The van der Waals surface area contributed by atoms with Crippen LogP contribution in [0.4, 0.5) is 0 Å². The molecule has 1 unspecified atom stereocenters. The molecule has 8 heteroatoms. The number of ether oxygens (including phenoxy) is 1. The second-order valence-electron chi connectivity index (χ2n) is 5.95. The molecule has 2 aromatic carbocycles. The molecule has 0 spiro atoms. The van der Waals surface area contributed by atoms with E-state index in [1.807, 2.05) is 35.9 Å². The first-order valence-corrected chi connectivity index (χ1v) is 8.88. The Bertz CT molecular complexity index is 1020. The van der Waals surface area contributed by atoms with Crippen LogP contribution in [-0.2, 0) is 11.8 Å². The summed E-state index contributed by atoms with van der Waals surface area (Å²) in [7, 11) is 1.85. The Balaban J connectivity index is 1.63. The van der Waals surface area contributed by atoms with Crippen molar-refractivity contribution >= 4 is 45.9 Å². The van der Waals surface area contributed by atoms with Gasteiger partial charge in [0.15, 0.2) is 6.10 Å². The van der Waals surface area contributed by atoms with Crippen molar-refractivity contribution in [2.75, 3.05) is 0 Å². The van der Waals surface area contributed by atoms with Gasteiger partial charge in [0.25, 0.3) is 11.8 Å². The van der Waals surface area contributed by atoms with Crippen molar-refractivity contribution in [2.45, 2.75) is 13.0 Å². The minimum atomic E-state index is -0.878. The van der Waals surface area contributed by atoms with Crippen LogP contribution in [0.3, 0.4) is 0 Å². The molecule has 0 fully saturated rings. The second kappa shape index (κ2) is 7.90. The molecule has 0 radical (unpaired) electrons. The first-order valence-electron chi connectivity index (χ1n) is 8.13. The van der Waals surface area contributed by atoms with Crippen molar-refractivity contribution in [1.82, 2.24) is 15.4 Å². The number of rotatable bonds is 4. The molecule has 0 aliphatic rings. The molecule has 0 saturated carbocycles. The number of hydrogen-bond donors (Lipinski definition) is 2. The lowest BCUT2D eigenvalue weighted by molar-refractivity contribution is -0.128. The molecule has 2 N–H and O–H groups in total. The molecular weight excluding hydrogens is 389 g/mol. The van der Waals surface area contributed by atoms with Gasteiger partial charge in [0.05, 0.1) is 10.6 Å². The van der Waals surface area contributed by atoms with E-state index in [4.69, 9.17) is 27.9 Å². The van der Waals surface area contributed by atoms with Gasteiger partial charge in [-0.25, -0.2) is 0 Å². The first-order chi connectivity index (χ1) is 12.9. The van der Waals surface area contributed by atoms with Gasteiger partial charge in [-0.1, -0.05) is 41.4 Å². The minimum absolute atomic E-state index is 0.293. The van der Waals surface area contributed by atoms with Crippen LogP contribution in [0.25, 0.3) is 10.9 Å². The average Bonchev–Trinajstić information content (AvgIpc) is 2.99. The van der Waals surface area contributed by atoms with E-state index in [1.165, 1.54) is 6.07 Å². The number of aromatic nitrogens is 1. The summed E-state index contributed by atoms with van der Waals surface area (Å²) in [4.78, 5) is 24.6. The predicted molar refractivity (Wildman–Crippen MR) is 105 cm³/mol. The maximum atomic E-state index is 12.4. The molecule has 1 heterocycles. The standard InChI is InChI=1S/C19H17Cl2N3O3/c1-11(27-17-8-7-12(20)9-15(17)21)18(25)22-23-19(26)14-10-24(2)16-6-4-3-5-13(14)16/h3-11H,1-2H3,(H,22,25)(H,23,26). The fraction of sp³-hybridized carbons (Fsp3) is 0.158. The summed E-state index contributed by atoms with van der Waals surface area (Å²) in [6.45, 7) is 1.55. The molecule has 2 amide bonds. The number of nitrogens with zero attached hydrogens (tertiary/aromatic N) is 1. The fourth-order valence-electron chi connectivity index (χ4n) is 2.62. The van der Waals surface area contributed by atoms with Crippen LogP contribution in [-0.4, -0.2) is 22.5 Å². The van der Waals surface area contributed by atoms with E-state index in [1.54, 1.807) is 25.3 Å². The fourth-order valence-corrected chi connectivity index (χ4v) is 3.08. The Morgan fingerprint density at radius 2 is 1.85 bits per heavy atom. The summed E-state index contributed by atoms with van der Waals surface area (Å²) < 4.78 is 7.36. The largest absolute Gasteiger partial charge is 0.479 e. The van der Waals surface area contributed by atoms with Gasteiger partial charge in [-0.3, -0.25) is 20.4 Å². The molecule has 3 rings (SSSR count). The van der Waals surface area contributed by atoms with Crippen molar-refractivity contribution in [1.29, 1.82) is 0 Å². The first kappa shape index (κ1) is 19.1. The number of carbonyl (C=O) groups is 2. The summed E-state index contributed by atoms with van der Waals surface area (Å²) in [5.41, 5.74) is 6.15. The van der Waals surface area contributed by atoms with E-state index < -0.39 is 17.9 Å². The lowest BCUT2D eigenvalue weighted by atomic mass is 10.2. The Labute approximate surface area is 166 Å². The van der Waals surface area contributed by atoms with Crippen molar-refractivity contribution in [3.63, 3.8) is 0 Å². The van der Waals surface area contributed by atoms with Crippen LogP contribution in [0, 0.1) is 0 Å². The SMILES string of the molecule is CC(Oc1ccc(Cl)cc1Cl)C(=O)NNC(=O)c1cn(C)c2ccccc12. The number of halogens is 2. The summed E-state index contributed by atoms with van der Waals surface area (Å²) in [5, 5.41) is 1.55. The van der Waals surface area contributed by atoms with E-state index in [0.717, 1.165) is 10.9 Å². The third-order valence-corrected chi connectivity index (χ3v) is 4.54. The number of para-hydroxylation sites is 1. The number of carbonyl (C=O) groups excluding carboxylic acids is 2. The van der Waals surface area contributed by atoms with E-state index in [2.05, 4.69) is 10.9 Å². The molecule has 0 aliphatic carbocycles. The molecule has 6 nitrogen and oxygen atoms in total. The maximum absolute atomic E-state index is 12.4. The average molecular weight is 406 g/mol. The quantitative estimate of drug-likeness (QED) is 0.649. The van der Waals surface area contributed by atoms with Crippen molar-refractivity contribution in [2.24, 2.45) is 7.05 Å². The third-order valence-electron chi connectivity index (χ3n) is 4.01. The van der Waals surface area contributed by atoms with Crippen LogP contribution in [0.1, 0.15) is 17.3 Å². The topological polar surface area (TPSA) is 72.4 Å². The third kappa shape index (κ3) is 4.18. The van der Waals surface area contributed by atoms with Gasteiger partial charge in [0, 0.05) is 29.2 Å². The number of benzene rings is 2. The Morgan fingerprint density at radius 1 is 1.11 bits per heavy atom. The van der Waals surface area contributed by atoms with Gasteiger partial charge in [0.1, 0.15) is 5.75 Å². The molecule has 0 bridgehead atoms. The molecule has 3 aromatic rings. The molecule has 0 aliphatic heterocycles. The van der Waals surface area contributed by atoms with Crippen LogP contribution >= 0.6 is 23.2 Å². The highest BCUT2D eigenvalue weighted by atomic mass is 35.5. The van der Waals surface area contributed by atoms with Crippen LogP contribution in [0.2, 0.25) is 10.0 Å². The summed E-state index contributed by atoms with van der Waals surface area (Å²) in [5.74, 6) is -0.615. The Kier molecular flexibility index (Phi) is 5.58. The number of hydrazine groups is 1. The molecule has 140 valence electrons. The summed E-state index contributed by atoms with van der Waals surface area (Å²) in [6.07, 6.45) is 0.830. The van der Waals surface area contributed by atoms with Crippen molar-refractivity contribution < 1.29 is 14.3 Å². The number of aryl methyl sites for hydroxylation is 1. The summed E-state index contributed by atoms with van der Waals surface area (Å²) >= 11 is 11.9. The zero-order valence-electron chi connectivity index (χ0n) is 14.6. The zero-order chi connectivity index (χ0) is 19.6. The smallest absolute Gasteiger partial charge is 0.279 e. The predicted octanol–water partition coefficient (Wildman–Crippen LogP) is 3.71. The number of amides is 2. The molecular formula is C19H17Cl2N3O3. The second-order valence-corrected chi connectivity index (χ2v) is 6.79. The van der Waals surface area contributed by atoms with Crippen molar-refractivity contribution in [3.05, 3.63) is 64.3 Å². The monoisotopic (exact) mass is 405 g/mol. The number of hydrogen-bond acceptors (Lipinski definition) is 3. The highest BCUT2D eigenvalue weighted by Gasteiger charge is 2.19. The highest BCUT2D eigenvalue weighted by Crippen LogP contribution is 2.28. The minimum Gasteiger partial charge on any atom is -0.479 e. The van der Waals surface area contributed by atoms with Crippen LogP contribution in [0.15, 0.2) is 48.7 Å². The van der Waals surface area contributed by atoms with Gasteiger partial charge in [-0.15, -0.1) is 0 Å². The maximum Gasteiger partial charge on any atom is 0.279 e. The van der Waals surface area contributed by atoms with Gasteiger partial charge >= 0.3 is 0 Å². The lowest BCUT2D eigenvalue weighted by Crippen LogP contribution is -2.47.